The summed E-state index contributed by atoms with van der Waals surface area (Å²) in [7, 11) is -2.75. The SMILES string of the molecule is CN1CCN(CCCN=C(N)N)CC1.O=S(=O)([O-])O.[H+]. The van der Waals surface area contributed by atoms with Gasteiger partial charge >= 0.3 is 1.43 Å². The fourth-order valence-electron chi connectivity index (χ4n) is 1.57. The van der Waals surface area contributed by atoms with Gasteiger partial charge in [-0.05, 0) is 13.5 Å². The van der Waals surface area contributed by atoms with Crippen LogP contribution in [0.15, 0.2) is 4.99 Å². The fraction of sp³-hybridized carbons (Fsp3) is 0.889. The van der Waals surface area contributed by atoms with E-state index in [9.17, 15) is 0 Å². The highest BCUT2D eigenvalue weighted by atomic mass is 32.3. The molecule has 0 unspecified atom stereocenters. The van der Waals surface area contributed by atoms with Crippen LogP contribution in [0, 0.1) is 0 Å². The molecule has 0 aromatic carbocycles. The first-order valence-electron chi connectivity index (χ1n) is 5.83. The zero-order valence-electron chi connectivity index (χ0n) is 12.0. The average molecular weight is 297 g/mol. The molecule has 114 valence electrons. The first kappa shape index (κ1) is 18.1. The maximum atomic E-state index is 8.63. The molecule has 19 heavy (non-hydrogen) atoms. The van der Waals surface area contributed by atoms with Gasteiger partial charge in [0, 0.05) is 39.3 Å². The molecule has 1 aliphatic rings. The molecule has 1 aliphatic heterocycles. The number of hydrogen-bond donors (Lipinski definition) is 3. The van der Waals surface area contributed by atoms with Gasteiger partial charge in [-0.1, -0.05) is 0 Å². The van der Waals surface area contributed by atoms with Crippen LogP contribution in [0.2, 0.25) is 0 Å². The van der Waals surface area contributed by atoms with Crippen molar-refractivity contribution in [2.45, 2.75) is 6.42 Å². The molecule has 1 saturated heterocycles. The highest BCUT2D eigenvalue weighted by molar-refractivity contribution is 7.79. The summed E-state index contributed by atoms with van der Waals surface area (Å²) in [5.74, 6) is 0.198. The van der Waals surface area contributed by atoms with Crippen molar-refractivity contribution in [3.8, 4) is 0 Å². The van der Waals surface area contributed by atoms with Gasteiger partial charge in [-0.2, -0.15) is 0 Å². The Morgan fingerprint density at radius 3 is 2.26 bits per heavy atom. The quantitative estimate of drug-likeness (QED) is 0.178. The number of piperazine rings is 1. The normalized spacial score (nSPS) is 17.4. The predicted octanol–water partition coefficient (Wildman–Crippen LogP) is -1.99. The van der Waals surface area contributed by atoms with Crippen LogP contribution in [0.25, 0.3) is 0 Å². The minimum atomic E-state index is -4.92. The topological polar surface area (TPSA) is 148 Å². The van der Waals surface area contributed by atoms with Gasteiger partial charge in [0.2, 0.25) is 10.4 Å². The Kier molecular flexibility index (Phi) is 8.59. The molecule has 0 aliphatic carbocycles. The summed E-state index contributed by atoms with van der Waals surface area (Å²) in [6.07, 6.45) is 1.04. The lowest BCUT2D eigenvalue weighted by Gasteiger charge is -2.32. The molecule has 1 rings (SSSR count). The maximum Gasteiger partial charge on any atom is 1.00 e. The summed E-state index contributed by atoms with van der Waals surface area (Å²) in [6.45, 7) is 6.51. The van der Waals surface area contributed by atoms with E-state index in [1.165, 1.54) is 26.2 Å². The van der Waals surface area contributed by atoms with Gasteiger partial charge in [-0.25, -0.2) is 8.42 Å². The second kappa shape index (κ2) is 9.04. The lowest BCUT2D eigenvalue weighted by Crippen LogP contribution is -2.44. The summed E-state index contributed by atoms with van der Waals surface area (Å²) in [5, 5.41) is 0. The van der Waals surface area contributed by atoms with Gasteiger partial charge in [0.1, 0.15) is 0 Å². The summed E-state index contributed by atoms with van der Waals surface area (Å²) < 4.78 is 32.8. The van der Waals surface area contributed by atoms with Crippen molar-refractivity contribution in [2.75, 3.05) is 46.3 Å². The second-order valence-electron chi connectivity index (χ2n) is 4.23. The molecule has 10 heteroatoms. The third-order valence-corrected chi connectivity index (χ3v) is 2.52. The van der Waals surface area contributed by atoms with E-state index >= 15 is 0 Å². The Bertz CT molecular complexity index is 359. The van der Waals surface area contributed by atoms with Gasteiger partial charge in [0.15, 0.2) is 5.96 Å². The van der Waals surface area contributed by atoms with Crippen LogP contribution in [-0.2, 0) is 10.4 Å². The molecule has 0 aromatic heterocycles. The van der Waals surface area contributed by atoms with Crippen LogP contribution < -0.4 is 11.5 Å². The van der Waals surface area contributed by atoms with Crippen molar-refractivity contribution in [1.29, 1.82) is 0 Å². The zero-order valence-corrected chi connectivity index (χ0v) is 11.8. The Morgan fingerprint density at radius 1 is 1.37 bits per heavy atom. The largest absolute Gasteiger partial charge is 1.00 e. The van der Waals surface area contributed by atoms with Crippen molar-refractivity contribution in [2.24, 2.45) is 16.5 Å². The van der Waals surface area contributed by atoms with Gasteiger partial charge in [-0.15, -0.1) is 0 Å². The number of aliphatic imine (C=N–C) groups is 1. The lowest BCUT2D eigenvalue weighted by molar-refractivity contribution is 0.153. The molecule has 5 N–H and O–H groups in total. The molecule has 0 radical (unpaired) electrons. The van der Waals surface area contributed by atoms with Gasteiger partial charge in [0.05, 0.1) is 0 Å². The van der Waals surface area contributed by atoms with E-state index in [0.717, 1.165) is 19.5 Å². The van der Waals surface area contributed by atoms with Crippen molar-refractivity contribution in [3.05, 3.63) is 0 Å². The zero-order chi connectivity index (χ0) is 14.9. The van der Waals surface area contributed by atoms with Crippen LogP contribution >= 0.6 is 0 Å². The molecule has 0 bridgehead atoms. The smallest absolute Gasteiger partial charge is 0.726 e. The molecular formula is C9H23N5O4S. The Morgan fingerprint density at radius 2 is 1.84 bits per heavy atom. The molecule has 0 amide bonds. The summed E-state index contributed by atoms with van der Waals surface area (Å²) in [6, 6.07) is 0. The number of rotatable bonds is 4. The van der Waals surface area contributed by atoms with E-state index in [0.29, 0.717) is 0 Å². The fourth-order valence-corrected chi connectivity index (χ4v) is 1.57. The predicted molar refractivity (Wildman–Crippen MR) is 72.7 cm³/mol. The van der Waals surface area contributed by atoms with Crippen LogP contribution in [0.5, 0.6) is 0 Å². The minimum absolute atomic E-state index is 0. The monoisotopic (exact) mass is 297 g/mol. The van der Waals surface area contributed by atoms with Crippen LogP contribution in [0.4, 0.5) is 0 Å². The van der Waals surface area contributed by atoms with Crippen LogP contribution in [0.1, 0.15) is 7.85 Å². The van der Waals surface area contributed by atoms with E-state index < -0.39 is 10.4 Å². The summed E-state index contributed by atoms with van der Waals surface area (Å²) in [5.41, 5.74) is 10.5. The first-order valence-corrected chi connectivity index (χ1v) is 7.19. The van der Waals surface area contributed by atoms with Gasteiger partial charge < -0.3 is 25.8 Å². The molecule has 0 aromatic rings. The molecule has 0 atom stereocenters. The number of nitrogens with zero attached hydrogens (tertiary/aromatic N) is 3. The molecule has 1 fully saturated rings. The number of guanidine groups is 1. The maximum absolute atomic E-state index is 8.63. The molecule has 0 spiro atoms. The molecule has 1 heterocycles. The average Bonchev–Trinajstić information content (AvgIpc) is 2.24. The third kappa shape index (κ3) is 15.0. The number of nitrogens with two attached hydrogens (primary N) is 2. The van der Waals surface area contributed by atoms with E-state index in [2.05, 4.69) is 21.8 Å². The first-order chi connectivity index (χ1) is 8.68. The Balaban J connectivity index is 0. The van der Waals surface area contributed by atoms with Crippen molar-refractivity contribution >= 4 is 16.4 Å². The Hall–Kier alpha value is -0.940. The van der Waals surface area contributed by atoms with Crippen LogP contribution in [0.3, 0.4) is 0 Å². The standard InChI is InChI=1S/C9H21N5.H2O4S/c1-13-5-7-14(8-6-13)4-2-3-12-9(10)11;1-5(2,3)4/h2-8H2,1H3,(H4,10,11,12);(H2,1,2,3,4). The summed E-state index contributed by atoms with van der Waals surface area (Å²) >= 11 is 0. The van der Waals surface area contributed by atoms with Crippen LogP contribution in [-0.4, -0.2) is 79.6 Å². The van der Waals surface area contributed by atoms with E-state index in [4.69, 9.17) is 29.0 Å². The van der Waals surface area contributed by atoms with Gasteiger partial charge in [0.25, 0.3) is 0 Å². The molecular weight excluding hydrogens is 274 g/mol. The lowest BCUT2D eigenvalue weighted by atomic mass is 10.3. The molecule has 0 saturated carbocycles. The van der Waals surface area contributed by atoms with Crippen molar-refractivity contribution < 1.29 is 18.9 Å². The van der Waals surface area contributed by atoms with E-state index in [1.807, 2.05) is 0 Å². The second-order valence-corrected chi connectivity index (χ2v) is 5.09. The Labute approximate surface area is 115 Å². The van der Waals surface area contributed by atoms with E-state index in [1.54, 1.807) is 0 Å². The van der Waals surface area contributed by atoms with E-state index in [-0.39, 0.29) is 7.39 Å². The highest BCUT2D eigenvalue weighted by Crippen LogP contribution is 1.99. The van der Waals surface area contributed by atoms with Gasteiger partial charge in [-0.3, -0.25) is 9.55 Å². The minimum Gasteiger partial charge on any atom is -0.726 e. The highest BCUT2D eigenvalue weighted by Gasteiger charge is 2.12. The number of likely N-dealkylation sites (N-methyl/N-ethyl adjacent to an activating group) is 1. The molecule has 9 nitrogen and oxygen atoms in total. The van der Waals surface area contributed by atoms with Crippen molar-refractivity contribution in [3.63, 3.8) is 0 Å². The third-order valence-electron chi connectivity index (χ3n) is 2.52. The van der Waals surface area contributed by atoms with Crippen molar-refractivity contribution in [1.82, 2.24) is 9.80 Å². The number of hydrogen-bond acceptors (Lipinski definition) is 6. The summed E-state index contributed by atoms with van der Waals surface area (Å²) in [4.78, 5) is 8.77.